The number of anilines is 1. The summed E-state index contributed by atoms with van der Waals surface area (Å²) in [6, 6.07) is 9.98. The topological polar surface area (TPSA) is 102 Å². The molecule has 1 aromatic carbocycles. The van der Waals surface area contributed by atoms with E-state index in [1.54, 1.807) is 12.1 Å². The number of benzene rings is 1. The molecule has 0 atom stereocenters. The maximum Gasteiger partial charge on any atom is 0.243 e. The molecule has 1 fully saturated rings. The van der Waals surface area contributed by atoms with Gasteiger partial charge in [0.2, 0.25) is 15.9 Å². The van der Waals surface area contributed by atoms with Gasteiger partial charge in [0.25, 0.3) is 0 Å². The van der Waals surface area contributed by atoms with Gasteiger partial charge >= 0.3 is 0 Å². The maximum absolute atomic E-state index is 12.8. The third-order valence-corrected chi connectivity index (χ3v) is 7.37. The molecule has 158 valence electrons. The van der Waals surface area contributed by atoms with Crippen molar-refractivity contribution in [1.29, 1.82) is 0 Å². The highest BCUT2D eigenvalue weighted by molar-refractivity contribution is 7.89. The van der Waals surface area contributed by atoms with E-state index in [1.807, 2.05) is 24.4 Å². The lowest BCUT2D eigenvalue weighted by Gasteiger charge is -2.26. The Hall–Kier alpha value is -2.53. The minimum Gasteiger partial charge on any atom is -0.459 e. The van der Waals surface area contributed by atoms with Gasteiger partial charge in [-0.2, -0.15) is 4.31 Å². The quantitative estimate of drug-likeness (QED) is 0.623. The van der Waals surface area contributed by atoms with E-state index >= 15 is 0 Å². The minimum atomic E-state index is -3.62. The fraction of sp³-hybridized carbons (Fsp3) is 0.300. The Labute approximate surface area is 178 Å². The van der Waals surface area contributed by atoms with E-state index in [1.165, 1.54) is 27.8 Å². The van der Waals surface area contributed by atoms with Crippen molar-refractivity contribution in [3.05, 3.63) is 53.2 Å². The highest BCUT2D eigenvalue weighted by atomic mass is 32.2. The van der Waals surface area contributed by atoms with Crippen LogP contribution in [0.3, 0.4) is 0 Å². The van der Waals surface area contributed by atoms with Crippen molar-refractivity contribution in [2.45, 2.75) is 18.2 Å². The van der Waals surface area contributed by atoms with Crippen LogP contribution in [-0.4, -0.2) is 49.9 Å². The third-order valence-electron chi connectivity index (χ3n) is 4.57. The van der Waals surface area contributed by atoms with Crippen LogP contribution in [0, 0.1) is 6.92 Å². The number of rotatable bonds is 6. The molecule has 1 saturated heterocycles. The molecule has 3 aromatic rings. The molecule has 0 saturated carbocycles. The van der Waals surface area contributed by atoms with Gasteiger partial charge in [-0.15, -0.1) is 11.3 Å². The molecular weight excluding hydrogens is 426 g/mol. The van der Waals surface area contributed by atoms with Crippen LogP contribution in [0.15, 0.2) is 51.1 Å². The number of sulfonamides is 1. The standard InChI is InChI=1S/C20H21N3O5S2/c1-14-5-6-18(28-14)20-22-16(13-29-20)12-19(24)21-15-3-2-4-17(11-15)30(25,26)23-7-9-27-10-8-23/h2-6,11,13H,7-10,12H2,1H3,(H,21,24). The van der Waals surface area contributed by atoms with Crippen molar-refractivity contribution in [2.24, 2.45) is 0 Å². The van der Waals surface area contributed by atoms with Crippen LogP contribution in [0.25, 0.3) is 10.8 Å². The number of furan rings is 1. The Morgan fingerprint density at radius 1 is 1.23 bits per heavy atom. The molecule has 1 aliphatic heterocycles. The number of amides is 1. The van der Waals surface area contributed by atoms with E-state index in [2.05, 4.69) is 10.3 Å². The molecule has 10 heteroatoms. The Bertz CT molecular complexity index is 1150. The zero-order chi connectivity index (χ0) is 21.1. The number of ether oxygens (including phenoxy) is 1. The van der Waals surface area contributed by atoms with Gasteiger partial charge < -0.3 is 14.5 Å². The molecule has 30 heavy (non-hydrogen) atoms. The Balaban J connectivity index is 1.43. The van der Waals surface area contributed by atoms with Crippen LogP contribution in [0.1, 0.15) is 11.5 Å². The smallest absolute Gasteiger partial charge is 0.243 e. The molecule has 1 aliphatic rings. The highest BCUT2D eigenvalue weighted by Crippen LogP contribution is 2.26. The maximum atomic E-state index is 12.8. The van der Waals surface area contributed by atoms with Crippen molar-refractivity contribution in [1.82, 2.24) is 9.29 Å². The minimum absolute atomic E-state index is 0.0800. The molecule has 3 heterocycles. The van der Waals surface area contributed by atoms with Gasteiger partial charge in [-0.3, -0.25) is 4.79 Å². The molecule has 2 aromatic heterocycles. The number of nitrogens with one attached hydrogen (secondary N) is 1. The van der Waals surface area contributed by atoms with Gasteiger partial charge in [-0.05, 0) is 37.3 Å². The second-order valence-corrected chi connectivity index (χ2v) is 9.62. The van der Waals surface area contributed by atoms with Crippen LogP contribution in [0.4, 0.5) is 5.69 Å². The molecule has 1 amide bonds. The Kier molecular flexibility index (Phi) is 6.00. The molecule has 0 spiro atoms. The van der Waals surface area contributed by atoms with Crippen LogP contribution < -0.4 is 5.32 Å². The largest absolute Gasteiger partial charge is 0.459 e. The summed E-state index contributed by atoms with van der Waals surface area (Å²) in [5.41, 5.74) is 1.05. The van der Waals surface area contributed by atoms with Gasteiger partial charge in [0.15, 0.2) is 10.8 Å². The van der Waals surface area contributed by atoms with E-state index in [0.717, 1.165) is 5.76 Å². The van der Waals surface area contributed by atoms with Crippen molar-refractivity contribution in [3.8, 4) is 10.8 Å². The fourth-order valence-electron chi connectivity index (χ4n) is 3.09. The number of nitrogens with zero attached hydrogens (tertiary/aromatic N) is 2. The molecule has 0 bridgehead atoms. The molecule has 0 aliphatic carbocycles. The predicted molar refractivity (Wildman–Crippen MR) is 113 cm³/mol. The van der Waals surface area contributed by atoms with Crippen molar-refractivity contribution in [2.75, 3.05) is 31.6 Å². The summed E-state index contributed by atoms with van der Waals surface area (Å²) in [6.07, 6.45) is 0.0800. The van der Waals surface area contributed by atoms with Crippen LogP contribution >= 0.6 is 11.3 Å². The number of carbonyl (C=O) groups is 1. The van der Waals surface area contributed by atoms with Gasteiger partial charge in [0.05, 0.1) is 30.2 Å². The highest BCUT2D eigenvalue weighted by Gasteiger charge is 2.26. The summed E-state index contributed by atoms with van der Waals surface area (Å²) < 4.78 is 37.8. The number of thiazole rings is 1. The van der Waals surface area contributed by atoms with Crippen molar-refractivity contribution >= 4 is 33.0 Å². The normalized spacial score (nSPS) is 15.2. The number of aryl methyl sites for hydroxylation is 1. The molecule has 1 N–H and O–H groups in total. The number of carbonyl (C=O) groups excluding carboxylic acids is 1. The fourth-order valence-corrected chi connectivity index (χ4v) is 5.32. The van der Waals surface area contributed by atoms with Gasteiger partial charge in [-0.25, -0.2) is 13.4 Å². The SMILES string of the molecule is Cc1ccc(-c2nc(CC(=O)Nc3cccc(S(=O)(=O)N4CCOCC4)c3)cs2)o1. The first kappa shape index (κ1) is 20.7. The summed E-state index contributed by atoms with van der Waals surface area (Å²) in [4.78, 5) is 17.0. The first-order valence-electron chi connectivity index (χ1n) is 9.41. The molecule has 4 rings (SSSR count). The summed E-state index contributed by atoms with van der Waals surface area (Å²) in [5, 5.41) is 5.28. The molecular formula is C20H21N3O5S2. The van der Waals surface area contributed by atoms with Crippen LogP contribution in [-0.2, 0) is 26.0 Å². The third kappa shape index (κ3) is 4.62. The van der Waals surface area contributed by atoms with E-state index in [9.17, 15) is 13.2 Å². The molecule has 0 radical (unpaired) electrons. The van der Waals surface area contributed by atoms with Crippen molar-refractivity contribution < 1.29 is 22.4 Å². The Morgan fingerprint density at radius 2 is 2.03 bits per heavy atom. The summed E-state index contributed by atoms with van der Waals surface area (Å²) in [6.45, 7) is 3.26. The number of hydrogen-bond donors (Lipinski definition) is 1. The zero-order valence-electron chi connectivity index (χ0n) is 16.3. The molecule has 0 unspecified atom stereocenters. The first-order chi connectivity index (χ1) is 14.4. The van der Waals surface area contributed by atoms with Gasteiger partial charge in [-0.1, -0.05) is 6.07 Å². The van der Waals surface area contributed by atoms with Crippen molar-refractivity contribution in [3.63, 3.8) is 0 Å². The number of morpholine rings is 1. The van der Waals surface area contributed by atoms with Gasteiger partial charge in [0.1, 0.15) is 5.76 Å². The van der Waals surface area contributed by atoms with E-state index in [-0.39, 0.29) is 17.2 Å². The first-order valence-corrected chi connectivity index (χ1v) is 11.7. The summed E-state index contributed by atoms with van der Waals surface area (Å²) in [5.74, 6) is 1.19. The number of aromatic nitrogens is 1. The number of hydrogen-bond acceptors (Lipinski definition) is 7. The summed E-state index contributed by atoms with van der Waals surface area (Å²) in [7, 11) is -3.62. The van der Waals surface area contributed by atoms with E-state index < -0.39 is 10.0 Å². The lowest BCUT2D eigenvalue weighted by atomic mass is 10.3. The Morgan fingerprint density at radius 3 is 2.77 bits per heavy atom. The van der Waals surface area contributed by atoms with E-state index in [4.69, 9.17) is 9.15 Å². The second kappa shape index (κ2) is 8.68. The lowest BCUT2D eigenvalue weighted by Crippen LogP contribution is -2.40. The average Bonchev–Trinajstić information content (AvgIpc) is 3.37. The zero-order valence-corrected chi connectivity index (χ0v) is 18.0. The second-order valence-electron chi connectivity index (χ2n) is 6.82. The van der Waals surface area contributed by atoms with Crippen LogP contribution in [0.2, 0.25) is 0 Å². The molecule has 8 nitrogen and oxygen atoms in total. The summed E-state index contributed by atoms with van der Waals surface area (Å²) >= 11 is 1.41. The van der Waals surface area contributed by atoms with Gasteiger partial charge in [0, 0.05) is 24.2 Å². The van der Waals surface area contributed by atoms with E-state index in [0.29, 0.717) is 48.5 Å². The monoisotopic (exact) mass is 447 g/mol. The lowest BCUT2D eigenvalue weighted by molar-refractivity contribution is -0.115. The average molecular weight is 448 g/mol. The predicted octanol–water partition coefficient (Wildman–Crippen LogP) is 2.91. The van der Waals surface area contributed by atoms with Crippen LogP contribution in [0.5, 0.6) is 0 Å².